The number of halogens is 2. The second-order valence-corrected chi connectivity index (χ2v) is 5.56. The minimum absolute atomic E-state index is 0.304. The molecular weight excluding hydrogens is 356 g/mol. The molecule has 0 unspecified atom stereocenters. The molecule has 1 amide bonds. The Morgan fingerprint density at radius 2 is 2.19 bits per heavy atom. The van der Waals surface area contributed by atoms with Crippen molar-refractivity contribution < 1.29 is 4.79 Å². The van der Waals surface area contributed by atoms with Gasteiger partial charge in [-0.2, -0.15) is 0 Å². The molecule has 0 spiro atoms. The zero-order chi connectivity index (χ0) is 15.4. The molecule has 0 bridgehead atoms. The summed E-state index contributed by atoms with van der Waals surface area (Å²) in [6, 6.07) is 5.13. The van der Waals surface area contributed by atoms with Gasteiger partial charge in [0.15, 0.2) is 0 Å². The van der Waals surface area contributed by atoms with Gasteiger partial charge in [-0.15, -0.1) is 0 Å². The van der Waals surface area contributed by atoms with Crippen LogP contribution in [0.25, 0.3) is 0 Å². The normalized spacial score (nSPS) is 10.3. The fourth-order valence-corrected chi connectivity index (χ4v) is 2.12. The third-order valence-corrected chi connectivity index (χ3v) is 3.84. The number of carbonyl (C=O) groups excluding carboxylic acids is 1. The Balaban J connectivity index is 2.16. The van der Waals surface area contributed by atoms with Gasteiger partial charge in [-0.3, -0.25) is 4.79 Å². The molecule has 2 aromatic heterocycles. The predicted octanol–water partition coefficient (Wildman–Crippen LogP) is 3.89. The van der Waals surface area contributed by atoms with E-state index < -0.39 is 0 Å². The summed E-state index contributed by atoms with van der Waals surface area (Å²) in [5.41, 5.74) is 1.18. The monoisotopic (exact) mass is 368 g/mol. The van der Waals surface area contributed by atoms with Gasteiger partial charge in [-0.25, -0.2) is 9.97 Å². The van der Waals surface area contributed by atoms with Crippen LogP contribution in [0.1, 0.15) is 23.0 Å². The smallest absolute Gasteiger partial charge is 0.258 e. The molecule has 0 atom stereocenters. The second kappa shape index (κ2) is 6.87. The number of amides is 1. The van der Waals surface area contributed by atoms with Crippen molar-refractivity contribution >= 4 is 45.1 Å². The van der Waals surface area contributed by atoms with Crippen LogP contribution < -0.4 is 10.6 Å². The molecular formula is C14H14BrClN4O. The molecule has 2 aromatic rings. The predicted molar refractivity (Wildman–Crippen MR) is 88.0 cm³/mol. The Hall–Kier alpha value is -1.66. The fourth-order valence-electron chi connectivity index (χ4n) is 1.66. The summed E-state index contributed by atoms with van der Waals surface area (Å²) in [5.74, 6) is 0.739. The Bertz CT molecular complexity index is 678. The van der Waals surface area contributed by atoms with Crippen LogP contribution in [0.3, 0.4) is 0 Å². The Kier molecular flexibility index (Phi) is 5.14. The number of pyridine rings is 2. The van der Waals surface area contributed by atoms with Crippen molar-refractivity contribution in [2.75, 3.05) is 17.2 Å². The van der Waals surface area contributed by atoms with Gasteiger partial charge in [0.1, 0.15) is 11.6 Å². The Labute approximate surface area is 136 Å². The van der Waals surface area contributed by atoms with Gasteiger partial charge >= 0.3 is 0 Å². The van der Waals surface area contributed by atoms with Crippen molar-refractivity contribution in [1.29, 1.82) is 0 Å². The number of carbonyl (C=O) groups is 1. The standard InChI is InChI=1S/C14H14BrClN4O/c1-3-17-13-11(16)6-9(7-18-13)14(21)20-12-5-4-10(15)8(2)19-12/h4-7H,3H2,1-2H3,(H,17,18)(H,19,20,21). The molecule has 0 aliphatic carbocycles. The largest absolute Gasteiger partial charge is 0.369 e. The van der Waals surface area contributed by atoms with Crippen molar-refractivity contribution in [2.24, 2.45) is 0 Å². The average molecular weight is 370 g/mol. The zero-order valence-electron chi connectivity index (χ0n) is 11.6. The minimum atomic E-state index is -0.304. The quantitative estimate of drug-likeness (QED) is 0.858. The summed E-state index contributed by atoms with van der Waals surface area (Å²) in [6.45, 7) is 4.50. The lowest BCUT2D eigenvalue weighted by atomic mass is 10.2. The lowest BCUT2D eigenvalue weighted by Crippen LogP contribution is -2.14. The number of aryl methyl sites for hydroxylation is 1. The summed E-state index contributed by atoms with van der Waals surface area (Å²) in [4.78, 5) is 20.5. The highest BCUT2D eigenvalue weighted by atomic mass is 79.9. The molecule has 0 saturated carbocycles. The van der Waals surface area contributed by atoms with E-state index in [2.05, 4.69) is 36.5 Å². The number of anilines is 2. The summed E-state index contributed by atoms with van der Waals surface area (Å²) in [5, 5.41) is 6.13. The molecule has 0 saturated heterocycles. The molecule has 7 heteroatoms. The number of aromatic nitrogens is 2. The average Bonchev–Trinajstić information content (AvgIpc) is 2.45. The number of hydrogen-bond donors (Lipinski definition) is 2. The third-order valence-electron chi connectivity index (χ3n) is 2.71. The number of nitrogens with zero attached hydrogens (tertiary/aromatic N) is 2. The first kappa shape index (κ1) is 15.7. The molecule has 0 radical (unpaired) electrons. The van der Waals surface area contributed by atoms with Crippen LogP contribution in [0.4, 0.5) is 11.6 Å². The number of nitrogens with one attached hydrogen (secondary N) is 2. The summed E-state index contributed by atoms with van der Waals surface area (Å²) < 4.78 is 0.889. The molecule has 2 N–H and O–H groups in total. The van der Waals surface area contributed by atoms with E-state index in [0.29, 0.717) is 28.8 Å². The molecule has 2 heterocycles. The van der Waals surface area contributed by atoms with Crippen molar-refractivity contribution in [3.8, 4) is 0 Å². The maximum Gasteiger partial charge on any atom is 0.258 e. The highest BCUT2D eigenvalue weighted by Gasteiger charge is 2.11. The second-order valence-electron chi connectivity index (χ2n) is 4.30. The van der Waals surface area contributed by atoms with Crippen LogP contribution in [0, 0.1) is 6.92 Å². The maximum absolute atomic E-state index is 12.1. The van der Waals surface area contributed by atoms with E-state index in [-0.39, 0.29) is 5.91 Å². The fraction of sp³-hybridized carbons (Fsp3) is 0.214. The third kappa shape index (κ3) is 3.92. The van der Waals surface area contributed by atoms with Crippen LogP contribution in [-0.4, -0.2) is 22.4 Å². The van der Waals surface area contributed by atoms with E-state index >= 15 is 0 Å². The van der Waals surface area contributed by atoms with E-state index in [0.717, 1.165) is 10.2 Å². The van der Waals surface area contributed by atoms with E-state index in [9.17, 15) is 4.79 Å². The van der Waals surface area contributed by atoms with Crippen molar-refractivity contribution in [1.82, 2.24) is 9.97 Å². The topological polar surface area (TPSA) is 66.9 Å². The zero-order valence-corrected chi connectivity index (χ0v) is 13.9. The van der Waals surface area contributed by atoms with Crippen LogP contribution in [-0.2, 0) is 0 Å². The number of rotatable bonds is 4. The van der Waals surface area contributed by atoms with Crippen LogP contribution in [0.2, 0.25) is 5.02 Å². The summed E-state index contributed by atoms with van der Waals surface area (Å²) >= 11 is 9.44. The van der Waals surface area contributed by atoms with Gasteiger partial charge in [-0.1, -0.05) is 11.6 Å². The Morgan fingerprint density at radius 3 is 2.81 bits per heavy atom. The van der Waals surface area contributed by atoms with Crippen LogP contribution in [0.5, 0.6) is 0 Å². The maximum atomic E-state index is 12.1. The molecule has 21 heavy (non-hydrogen) atoms. The van der Waals surface area contributed by atoms with E-state index in [1.165, 1.54) is 6.20 Å². The van der Waals surface area contributed by atoms with Crippen LogP contribution in [0.15, 0.2) is 28.9 Å². The first-order valence-corrected chi connectivity index (χ1v) is 7.52. The van der Waals surface area contributed by atoms with Gasteiger partial charge in [0.25, 0.3) is 5.91 Å². The first-order valence-electron chi connectivity index (χ1n) is 6.35. The molecule has 110 valence electrons. The van der Waals surface area contributed by atoms with E-state index in [4.69, 9.17) is 11.6 Å². The van der Waals surface area contributed by atoms with Gasteiger partial charge in [0.2, 0.25) is 0 Å². The molecule has 0 aliphatic heterocycles. The van der Waals surface area contributed by atoms with Crippen molar-refractivity contribution in [3.05, 3.63) is 45.1 Å². The van der Waals surface area contributed by atoms with Gasteiger partial charge < -0.3 is 10.6 Å². The minimum Gasteiger partial charge on any atom is -0.369 e. The lowest BCUT2D eigenvalue weighted by molar-refractivity contribution is 0.102. The first-order chi connectivity index (χ1) is 10.0. The molecule has 5 nitrogen and oxygen atoms in total. The molecule has 0 fully saturated rings. The van der Waals surface area contributed by atoms with Gasteiger partial charge in [0, 0.05) is 17.2 Å². The van der Waals surface area contributed by atoms with Gasteiger partial charge in [-0.05, 0) is 48.0 Å². The molecule has 0 aliphatic rings. The SMILES string of the molecule is CCNc1ncc(C(=O)Nc2ccc(Br)c(C)n2)cc1Cl. The van der Waals surface area contributed by atoms with Crippen molar-refractivity contribution in [3.63, 3.8) is 0 Å². The summed E-state index contributed by atoms with van der Waals surface area (Å²) in [6.07, 6.45) is 1.48. The molecule has 2 rings (SSSR count). The van der Waals surface area contributed by atoms with Gasteiger partial charge in [0.05, 0.1) is 16.3 Å². The van der Waals surface area contributed by atoms with E-state index in [1.807, 2.05) is 19.9 Å². The van der Waals surface area contributed by atoms with E-state index in [1.54, 1.807) is 12.1 Å². The summed E-state index contributed by atoms with van der Waals surface area (Å²) in [7, 11) is 0. The Morgan fingerprint density at radius 1 is 1.43 bits per heavy atom. The highest BCUT2D eigenvalue weighted by molar-refractivity contribution is 9.10. The molecule has 0 aromatic carbocycles. The van der Waals surface area contributed by atoms with Crippen LogP contribution >= 0.6 is 27.5 Å². The number of hydrogen-bond acceptors (Lipinski definition) is 4. The lowest BCUT2D eigenvalue weighted by Gasteiger charge is -2.08. The van der Waals surface area contributed by atoms with Crippen molar-refractivity contribution in [2.45, 2.75) is 13.8 Å². The highest BCUT2D eigenvalue weighted by Crippen LogP contribution is 2.21.